The Morgan fingerprint density at radius 3 is 1.05 bits per heavy atom. The lowest BCUT2D eigenvalue weighted by Gasteiger charge is -2.36. The molecule has 0 bridgehead atoms. The van der Waals surface area contributed by atoms with Crippen molar-refractivity contribution < 1.29 is 26.3 Å². The van der Waals surface area contributed by atoms with Crippen molar-refractivity contribution in [1.82, 2.24) is 0 Å². The molecule has 13 rings (SSSR count). The van der Waals surface area contributed by atoms with Crippen molar-refractivity contribution in [3.05, 3.63) is 105 Å². The van der Waals surface area contributed by atoms with Crippen molar-refractivity contribution in [2.45, 2.75) is 441 Å². The number of benzene rings is 3. The molecule has 7 saturated carbocycles. The molecule has 0 heterocycles. The van der Waals surface area contributed by atoms with Gasteiger partial charge in [0, 0.05) is 12.8 Å². The van der Waals surface area contributed by atoms with Gasteiger partial charge in [0.05, 0.1) is 5.92 Å². The monoisotopic (exact) mass is 1560 g/mol. The lowest BCUT2D eigenvalue weighted by Crippen LogP contribution is -2.29. The first-order chi connectivity index (χ1) is 52.1. The molecule has 10 aliphatic rings. The minimum Gasteiger partial charge on any atom is -0.207 e. The van der Waals surface area contributed by atoms with Gasteiger partial charge in [-0.05, 0) is 304 Å². The maximum atomic E-state index is 13.8. The lowest BCUT2D eigenvalue weighted by atomic mass is 9.70. The summed E-state index contributed by atoms with van der Waals surface area (Å²) < 4.78 is 75.9. The minimum absolute atomic E-state index is 0.0104. The number of aryl methyl sites for hydroxylation is 5. The molecule has 0 aliphatic heterocycles. The number of rotatable bonds is 10. The average molecular weight is 1560 g/mol. The standard InChI is InChI=1S/C13H17F.C13H18.C12H16.C11H22.C10H17F3.2C10H20.C9H16F2.C9H18.C8H16/c1-8(2)11-5-4-10-6-9(3)7-12(14)13(10)11;1-9(2)12-7-5-11-8-10(3)4-6-13(11)12;1-9(2)11-8-7-10-5-3-4-6-12(10)11;1-9(2)10-5-7-11(3,4)8-6-10;1-7(2)8-3-5-9(6-4-8)10(11,12)13;1-8(2)10-6-4-9(3)5-7-10;1-9(2)10-7-5-3-4-6-8-10;1-7(2)8-3-5-9(10,11)6-4-8;1-8(2)9-6-4-3-5-7-9;1-7(2)8-5-3-4-6-8/h6-8,11H,4-5H2,1-3H3;4,6,8-9,12H,5,7H2,1-3H3;3-6,9,11H,7-8H2,1-2H3;9-10H,5-8H2,1-4H3;7-9H,3-6H2,1-2H3;8-10H,4-7H2,1-3H3;9-10H,3-8H2,1-2H3;7-8H,3-6H2,1-2H3;8-9H,3-7H2,1-2H3;7-8H,3-6H2,1-2H3. The van der Waals surface area contributed by atoms with Crippen LogP contribution in [-0.4, -0.2) is 12.1 Å². The van der Waals surface area contributed by atoms with Crippen LogP contribution in [0.1, 0.15) is 440 Å². The van der Waals surface area contributed by atoms with Gasteiger partial charge in [-0.1, -0.05) is 322 Å². The van der Waals surface area contributed by atoms with Gasteiger partial charge in [-0.2, -0.15) is 13.2 Å². The number of hydrogen-bond donors (Lipinski definition) is 0. The van der Waals surface area contributed by atoms with Crippen LogP contribution in [0.2, 0.25) is 0 Å². The molecular formula is C105H180F6. The molecule has 7 fully saturated rings. The van der Waals surface area contributed by atoms with Crippen molar-refractivity contribution in [3.8, 4) is 0 Å². The van der Waals surface area contributed by atoms with E-state index in [0.29, 0.717) is 66.6 Å². The van der Waals surface area contributed by atoms with Gasteiger partial charge < -0.3 is 0 Å². The van der Waals surface area contributed by atoms with E-state index in [0.717, 1.165) is 126 Å². The molecule has 0 N–H and O–H groups in total. The molecule has 0 amide bonds. The Morgan fingerprint density at radius 2 is 0.649 bits per heavy atom. The second-order valence-electron chi connectivity index (χ2n) is 42.2. The molecule has 6 heteroatoms. The number of fused-ring (bicyclic) bond motifs is 3. The van der Waals surface area contributed by atoms with Crippen molar-refractivity contribution in [1.29, 1.82) is 0 Å². The van der Waals surface area contributed by atoms with Crippen LogP contribution >= 0.6 is 0 Å². The summed E-state index contributed by atoms with van der Waals surface area (Å²) in [5.41, 5.74) is 11.7. The summed E-state index contributed by atoms with van der Waals surface area (Å²) in [6, 6.07) is 19.6. The Bertz CT molecular complexity index is 2830. The summed E-state index contributed by atoms with van der Waals surface area (Å²) in [6.07, 6.45) is 41.4. The first-order valence-electron chi connectivity index (χ1n) is 47.5. The Hall–Kier alpha value is -2.76. The highest BCUT2D eigenvalue weighted by atomic mass is 19.4. The SMILES string of the molecule is CC(C)C1CCC(C(F)(F)F)CC1.CC(C)C1CCC(C)(C)CC1.CC(C)C1CCC(F)(F)CC1.CC(C)C1CCCC1.CC(C)C1CCCCC1.CC(C)C1CCCCCC1.CC(C)C1CCc2ccccc21.CC1CCC(C(C)C)CC1.Cc1cc(F)c2c(c1)CCC2C(C)C.Cc1ccc2c(c1)CCC2C(C)C. The van der Waals surface area contributed by atoms with Gasteiger partial charge in [-0.15, -0.1) is 0 Å². The van der Waals surface area contributed by atoms with Gasteiger partial charge >= 0.3 is 6.18 Å². The first kappa shape index (κ1) is 101. The number of alkyl halides is 5. The molecule has 0 aromatic heterocycles. The van der Waals surface area contributed by atoms with E-state index in [9.17, 15) is 26.3 Å². The molecule has 111 heavy (non-hydrogen) atoms. The van der Waals surface area contributed by atoms with E-state index in [1.165, 1.54) is 184 Å². The van der Waals surface area contributed by atoms with E-state index >= 15 is 0 Å². The highest BCUT2D eigenvalue weighted by Gasteiger charge is 2.42. The van der Waals surface area contributed by atoms with Crippen LogP contribution in [-0.2, 0) is 19.3 Å². The molecule has 3 aromatic rings. The normalized spacial score (nSPS) is 24.8. The third kappa shape index (κ3) is 37.4. The number of hydrogen-bond acceptors (Lipinski definition) is 0. The molecule has 0 saturated heterocycles. The fraction of sp³-hybridized carbons (Fsp3) is 0.829. The maximum Gasteiger partial charge on any atom is 0.391 e. The molecular weight excluding hydrogens is 1380 g/mol. The predicted molar refractivity (Wildman–Crippen MR) is 475 cm³/mol. The molecule has 3 aromatic carbocycles. The Kier molecular flexibility index (Phi) is 46.1. The molecule has 3 unspecified atom stereocenters. The van der Waals surface area contributed by atoms with Gasteiger partial charge in [0.25, 0.3) is 0 Å². The Morgan fingerprint density at radius 1 is 0.324 bits per heavy atom. The lowest BCUT2D eigenvalue weighted by molar-refractivity contribution is -0.184. The van der Waals surface area contributed by atoms with E-state index in [1.54, 1.807) is 28.3 Å². The van der Waals surface area contributed by atoms with Crippen molar-refractivity contribution in [2.24, 2.45) is 118 Å². The summed E-state index contributed by atoms with van der Waals surface area (Å²) in [4.78, 5) is 0. The molecule has 642 valence electrons. The van der Waals surface area contributed by atoms with E-state index in [-0.39, 0.29) is 18.7 Å². The summed E-state index contributed by atoms with van der Waals surface area (Å²) in [5.74, 6) is 13.9. The second kappa shape index (κ2) is 50.9. The van der Waals surface area contributed by atoms with E-state index in [4.69, 9.17) is 0 Å². The molecule has 0 radical (unpaired) electrons. The first-order valence-corrected chi connectivity index (χ1v) is 47.5. The largest absolute Gasteiger partial charge is 0.391 e. The topological polar surface area (TPSA) is 0 Å². The van der Waals surface area contributed by atoms with Gasteiger partial charge in [0.15, 0.2) is 0 Å². The van der Waals surface area contributed by atoms with Crippen LogP contribution in [0.5, 0.6) is 0 Å². The van der Waals surface area contributed by atoms with Crippen LogP contribution in [0.4, 0.5) is 26.3 Å². The van der Waals surface area contributed by atoms with Crippen LogP contribution in [0.15, 0.2) is 54.6 Å². The molecule has 3 atom stereocenters. The summed E-state index contributed by atoms with van der Waals surface area (Å²) in [5, 5.41) is 0. The van der Waals surface area contributed by atoms with E-state index < -0.39 is 18.0 Å². The highest BCUT2D eigenvalue weighted by Crippen LogP contribution is 2.46. The quantitative estimate of drug-likeness (QED) is 0.140. The summed E-state index contributed by atoms with van der Waals surface area (Å²) >= 11 is 0. The average Bonchev–Trinajstić information content (AvgIpc) is 1.66. The number of halogens is 6. The third-order valence-corrected chi connectivity index (χ3v) is 29.5. The van der Waals surface area contributed by atoms with Crippen LogP contribution in [0, 0.1) is 138 Å². The third-order valence-electron chi connectivity index (χ3n) is 29.5. The highest BCUT2D eigenvalue weighted by molar-refractivity contribution is 5.40. The van der Waals surface area contributed by atoms with E-state index in [2.05, 4.69) is 215 Å². The fourth-order valence-corrected chi connectivity index (χ4v) is 20.6. The zero-order chi connectivity index (χ0) is 82.9. The summed E-state index contributed by atoms with van der Waals surface area (Å²) in [7, 11) is 0. The van der Waals surface area contributed by atoms with Crippen LogP contribution in [0.3, 0.4) is 0 Å². The fourth-order valence-electron chi connectivity index (χ4n) is 20.6. The van der Waals surface area contributed by atoms with Crippen LogP contribution in [0.25, 0.3) is 0 Å². The Labute approximate surface area is 685 Å². The molecule has 0 nitrogen and oxygen atoms in total. The smallest absolute Gasteiger partial charge is 0.207 e. The van der Waals surface area contributed by atoms with Gasteiger partial charge in [-0.3, -0.25) is 0 Å². The zero-order valence-electron chi connectivity index (χ0n) is 77.3. The van der Waals surface area contributed by atoms with Crippen molar-refractivity contribution in [2.75, 3.05) is 0 Å². The predicted octanol–water partition coefficient (Wildman–Crippen LogP) is 35.3. The van der Waals surface area contributed by atoms with E-state index in [1.807, 2.05) is 6.92 Å². The molecule has 10 aliphatic carbocycles. The maximum absolute atomic E-state index is 13.8. The van der Waals surface area contributed by atoms with Crippen molar-refractivity contribution >= 4 is 0 Å². The molecule has 0 spiro atoms. The van der Waals surface area contributed by atoms with Crippen molar-refractivity contribution in [3.63, 3.8) is 0 Å². The van der Waals surface area contributed by atoms with Gasteiger partial charge in [0.2, 0.25) is 5.92 Å². The van der Waals surface area contributed by atoms with Gasteiger partial charge in [-0.25, -0.2) is 13.2 Å². The second-order valence-corrected chi connectivity index (χ2v) is 42.2. The Balaban J connectivity index is 0.000000261. The van der Waals surface area contributed by atoms with Crippen LogP contribution < -0.4 is 0 Å². The zero-order valence-corrected chi connectivity index (χ0v) is 77.3. The summed E-state index contributed by atoms with van der Waals surface area (Å²) in [6.45, 7) is 57.0. The minimum atomic E-state index is -3.96. The van der Waals surface area contributed by atoms with Gasteiger partial charge in [0.1, 0.15) is 5.82 Å².